The predicted molar refractivity (Wildman–Crippen MR) is 107 cm³/mol. The normalized spacial score (nSPS) is 18.5. The minimum atomic E-state index is -0.153. The van der Waals surface area contributed by atoms with E-state index in [0.29, 0.717) is 18.6 Å². The zero-order valence-electron chi connectivity index (χ0n) is 16.9. The lowest BCUT2D eigenvalue weighted by molar-refractivity contribution is -0.147. The molecule has 1 aromatic rings. The van der Waals surface area contributed by atoms with E-state index in [1.807, 2.05) is 13.8 Å². The van der Waals surface area contributed by atoms with Gasteiger partial charge in [0.15, 0.2) is 0 Å². The summed E-state index contributed by atoms with van der Waals surface area (Å²) in [5.41, 5.74) is 3.12. The third kappa shape index (κ3) is 5.94. The molecule has 2 aliphatic heterocycles. The van der Waals surface area contributed by atoms with Crippen LogP contribution in [0.2, 0.25) is 0 Å². The van der Waals surface area contributed by atoms with E-state index in [-0.39, 0.29) is 12.1 Å². The summed E-state index contributed by atoms with van der Waals surface area (Å²) in [6, 6.07) is 4.17. The van der Waals surface area contributed by atoms with Crippen molar-refractivity contribution in [2.75, 3.05) is 26.2 Å². The van der Waals surface area contributed by atoms with Gasteiger partial charge in [0.1, 0.15) is 5.75 Å². The van der Waals surface area contributed by atoms with Crippen LogP contribution in [0.15, 0.2) is 12.1 Å². The first-order chi connectivity index (χ1) is 13.0. The molecule has 0 aromatic heterocycles. The molecular weight excluding hydrogens is 340 g/mol. The van der Waals surface area contributed by atoms with Gasteiger partial charge >= 0.3 is 5.97 Å². The van der Waals surface area contributed by atoms with Crippen molar-refractivity contribution in [1.29, 1.82) is 0 Å². The standard InChI is InChI=1S/C22H34N2O3/c1-17(2)27-21(25)8-7-18-13-19(15-23-9-3-4-10-23)22(26)20(14-18)16-24-11-5-6-12-24/h13-14,17,26H,3-12,15-16H2,1-2H3. The number of benzene rings is 1. The van der Waals surface area contributed by atoms with Crippen LogP contribution in [0, 0.1) is 0 Å². The molecule has 2 heterocycles. The first-order valence-electron chi connectivity index (χ1n) is 10.5. The highest BCUT2D eigenvalue weighted by atomic mass is 16.5. The Labute approximate surface area is 163 Å². The average Bonchev–Trinajstić information content (AvgIpc) is 3.30. The molecule has 5 nitrogen and oxygen atoms in total. The molecule has 2 fully saturated rings. The smallest absolute Gasteiger partial charge is 0.306 e. The summed E-state index contributed by atoms with van der Waals surface area (Å²) in [4.78, 5) is 16.7. The molecule has 0 unspecified atom stereocenters. The number of ether oxygens (including phenoxy) is 1. The summed E-state index contributed by atoms with van der Waals surface area (Å²) in [5, 5.41) is 10.9. The quantitative estimate of drug-likeness (QED) is 0.706. The Bertz CT molecular complexity index is 593. The number of esters is 1. The predicted octanol–water partition coefficient (Wildman–Crippen LogP) is 3.47. The molecule has 150 valence electrons. The van der Waals surface area contributed by atoms with Crippen molar-refractivity contribution in [3.05, 3.63) is 28.8 Å². The number of carbonyl (C=O) groups excluding carboxylic acids is 1. The molecule has 1 N–H and O–H groups in total. The van der Waals surface area contributed by atoms with Crippen molar-refractivity contribution >= 4 is 5.97 Å². The second-order valence-corrected chi connectivity index (χ2v) is 8.27. The van der Waals surface area contributed by atoms with E-state index in [1.165, 1.54) is 25.7 Å². The fourth-order valence-electron chi connectivity index (χ4n) is 4.15. The van der Waals surface area contributed by atoms with Crippen molar-refractivity contribution < 1.29 is 14.6 Å². The summed E-state index contributed by atoms with van der Waals surface area (Å²) < 4.78 is 5.27. The second-order valence-electron chi connectivity index (χ2n) is 8.27. The fourth-order valence-corrected chi connectivity index (χ4v) is 4.15. The first kappa shape index (κ1) is 20.2. The zero-order chi connectivity index (χ0) is 19.2. The number of aryl methyl sites for hydroxylation is 1. The van der Waals surface area contributed by atoms with Crippen LogP contribution in [-0.2, 0) is 29.0 Å². The second kappa shape index (κ2) is 9.56. The molecule has 27 heavy (non-hydrogen) atoms. The van der Waals surface area contributed by atoms with Crippen LogP contribution in [0.1, 0.15) is 62.6 Å². The van der Waals surface area contributed by atoms with E-state index in [9.17, 15) is 9.90 Å². The third-order valence-electron chi connectivity index (χ3n) is 5.50. The SMILES string of the molecule is CC(C)OC(=O)CCc1cc(CN2CCCC2)c(O)c(CN2CCCC2)c1. The number of nitrogens with zero attached hydrogens (tertiary/aromatic N) is 2. The maximum absolute atomic E-state index is 11.9. The Kier molecular flexibility index (Phi) is 7.13. The Morgan fingerprint density at radius 2 is 1.48 bits per heavy atom. The Hall–Kier alpha value is -1.59. The van der Waals surface area contributed by atoms with Crippen molar-refractivity contribution in [2.45, 2.75) is 71.6 Å². The van der Waals surface area contributed by atoms with Gasteiger partial charge in [-0.15, -0.1) is 0 Å². The number of phenols is 1. The van der Waals surface area contributed by atoms with Crippen molar-refractivity contribution in [2.24, 2.45) is 0 Å². The third-order valence-corrected chi connectivity index (χ3v) is 5.50. The van der Waals surface area contributed by atoms with E-state index < -0.39 is 0 Å². The number of rotatable bonds is 8. The number of phenolic OH excluding ortho intramolecular Hbond substituents is 1. The lowest BCUT2D eigenvalue weighted by Gasteiger charge is -2.21. The molecule has 3 rings (SSSR count). The summed E-state index contributed by atoms with van der Waals surface area (Å²) in [7, 11) is 0. The molecule has 1 aromatic carbocycles. The maximum atomic E-state index is 11.9. The van der Waals surface area contributed by atoms with Crippen molar-refractivity contribution in [3.63, 3.8) is 0 Å². The lowest BCUT2D eigenvalue weighted by Crippen LogP contribution is -2.21. The number of hydrogen-bond donors (Lipinski definition) is 1. The Morgan fingerprint density at radius 1 is 1.00 bits per heavy atom. The minimum absolute atomic E-state index is 0.0752. The molecule has 2 aliphatic rings. The van der Waals surface area contributed by atoms with Gasteiger partial charge in [-0.3, -0.25) is 14.6 Å². The lowest BCUT2D eigenvalue weighted by atomic mass is 10.00. The number of aromatic hydroxyl groups is 1. The highest BCUT2D eigenvalue weighted by molar-refractivity contribution is 5.70. The van der Waals surface area contributed by atoms with Crippen LogP contribution in [0.25, 0.3) is 0 Å². The molecular formula is C22H34N2O3. The summed E-state index contributed by atoms with van der Waals surface area (Å²) in [5.74, 6) is 0.294. The molecule has 0 aliphatic carbocycles. The maximum Gasteiger partial charge on any atom is 0.306 e. The van der Waals surface area contributed by atoms with Crippen molar-refractivity contribution in [1.82, 2.24) is 9.80 Å². The van der Waals surface area contributed by atoms with Gasteiger partial charge in [0.2, 0.25) is 0 Å². The van der Waals surface area contributed by atoms with Crippen LogP contribution >= 0.6 is 0 Å². The van der Waals surface area contributed by atoms with Gasteiger partial charge < -0.3 is 9.84 Å². The van der Waals surface area contributed by atoms with E-state index >= 15 is 0 Å². The van der Waals surface area contributed by atoms with Crippen LogP contribution in [-0.4, -0.2) is 53.2 Å². The van der Waals surface area contributed by atoms with Crippen LogP contribution < -0.4 is 0 Å². The molecule has 0 spiro atoms. The fraction of sp³-hybridized carbons (Fsp3) is 0.682. The van der Waals surface area contributed by atoms with E-state index in [1.54, 1.807) is 0 Å². The Balaban J connectivity index is 1.74. The molecule has 0 bridgehead atoms. The van der Waals surface area contributed by atoms with Gasteiger partial charge in [0, 0.05) is 30.6 Å². The van der Waals surface area contributed by atoms with Crippen LogP contribution in [0.3, 0.4) is 0 Å². The largest absolute Gasteiger partial charge is 0.507 e. The molecule has 0 amide bonds. The van der Waals surface area contributed by atoms with Crippen LogP contribution in [0.5, 0.6) is 5.75 Å². The van der Waals surface area contributed by atoms with Gasteiger partial charge in [-0.2, -0.15) is 0 Å². The number of carbonyl (C=O) groups is 1. The van der Waals surface area contributed by atoms with Gasteiger partial charge in [-0.25, -0.2) is 0 Å². The van der Waals surface area contributed by atoms with E-state index in [0.717, 1.165) is 56.0 Å². The van der Waals surface area contributed by atoms with E-state index in [4.69, 9.17) is 4.74 Å². The number of hydrogen-bond acceptors (Lipinski definition) is 5. The van der Waals surface area contributed by atoms with Gasteiger partial charge in [-0.1, -0.05) is 12.1 Å². The highest BCUT2D eigenvalue weighted by Gasteiger charge is 2.19. The zero-order valence-corrected chi connectivity index (χ0v) is 16.9. The van der Waals surface area contributed by atoms with Gasteiger partial charge in [-0.05, 0) is 77.7 Å². The van der Waals surface area contributed by atoms with E-state index in [2.05, 4.69) is 21.9 Å². The monoisotopic (exact) mass is 374 g/mol. The number of likely N-dealkylation sites (tertiary alicyclic amines) is 2. The average molecular weight is 375 g/mol. The van der Waals surface area contributed by atoms with Crippen molar-refractivity contribution in [3.8, 4) is 5.75 Å². The summed E-state index contributed by atoms with van der Waals surface area (Å²) in [6.45, 7) is 9.75. The first-order valence-corrected chi connectivity index (χ1v) is 10.5. The summed E-state index contributed by atoms with van der Waals surface area (Å²) >= 11 is 0. The van der Waals surface area contributed by atoms with Gasteiger partial charge in [0.25, 0.3) is 0 Å². The topological polar surface area (TPSA) is 53.0 Å². The van der Waals surface area contributed by atoms with Gasteiger partial charge in [0.05, 0.1) is 6.10 Å². The molecule has 0 saturated carbocycles. The summed E-state index contributed by atoms with van der Waals surface area (Å²) in [6.07, 6.45) is 5.92. The van der Waals surface area contributed by atoms with Crippen LogP contribution in [0.4, 0.5) is 0 Å². The Morgan fingerprint density at radius 3 is 1.93 bits per heavy atom. The minimum Gasteiger partial charge on any atom is -0.507 e. The molecule has 5 heteroatoms. The molecule has 0 radical (unpaired) electrons. The highest BCUT2D eigenvalue weighted by Crippen LogP contribution is 2.29. The molecule has 0 atom stereocenters. The molecule has 2 saturated heterocycles.